The highest BCUT2D eigenvalue weighted by atomic mass is 19.4. The van der Waals surface area contributed by atoms with Crippen molar-refractivity contribution in [2.45, 2.75) is 19.3 Å². The number of rotatable bonds is 10. The minimum atomic E-state index is -5.36. The molecular formula is C47H26F6N10O4. The fourth-order valence-electron chi connectivity index (χ4n) is 6.68. The topological polar surface area (TPSA) is 166 Å². The molecule has 0 fully saturated rings. The van der Waals surface area contributed by atoms with Crippen molar-refractivity contribution in [3.63, 3.8) is 0 Å². The SMILES string of the molecule is C=C(/C=C(\c1nc2c(nc1C)c1nc3nc(Oc4ccccc4)c(Oc4ccccc4)nc3nc1c1nc3nc(Oc4ccccc4)c(Oc4ccccc4)nc3nc21)C(F)(F)F)C(F)(F)F. The second-order valence-electron chi connectivity index (χ2n) is 14.4. The summed E-state index contributed by atoms with van der Waals surface area (Å²) in [6.45, 7) is 3.98. The fraction of sp³-hybridized carbons (Fsp3) is 0.0638. The molecule has 10 aromatic rings. The van der Waals surface area contributed by atoms with Gasteiger partial charge in [0.2, 0.25) is 22.6 Å². The molecule has 330 valence electrons. The van der Waals surface area contributed by atoms with Gasteiger partial charge in [0.15, 0.2) is 0 Å². The van der Waals surface area contributed by atoms with E-state index in [0.29, 0.717) is 23.0 Å². The average molecular weight is 909 g/mol. The number of hydrogen-bond acceptors (Lipinski definition) is 14. The number of aromatic nitrogens is 10. The van der Waals surface area contributed by atoms with E-state index in [9.17, 15) is 26.3 Å². The lowest BCUT2D eigenvalue weighted by atomic mass is 10.1. The highest BCUT2D eigenvalue weighted by Gasteiger charge is 2.40. The number of allylic oxidation sites excluding steroid dienone is 3. The lowest BCUT2D eigenvalue weighted by Gasteiger charge is -2.17. The molecule has 0 aliphatic rings. The smallest absolute Gasteiger partial charge is 0.418 e. The van der Waals surface area contributed by atoms with Crippen molar-refractivity contribution in [2.75, 3.05) is 0 Å². The molecule has 14 nitrogen and oxygen atoms in total. The van der Waals surface area contributed by atoms with Crippen molar-refractivity contribution in [2.24, 2.45) is 0 Å². The van der Waals surface area contributed by atoms with Gasteiger partial charge in [-0.05, 0) is 61.5 Å². The minimum Gasteiger partial charge on any atom is -0.435 e. The molecule has 0 spiro atoms. The number of para-hydroxylation sites is 4. The summed E-state index contributed by atoms with van der Waals surface area (Å²) in [5.74, 6) is 0.906. The zero-order chi connectivity index (χ0) is 46.5. The standard InChI is InChI=1S/C47H26F6N10O4/c1-24(46(48,49)50)23-30(47(51,52)53)31-25(2)54-32-33(55-31)35-37(59-41-39(57-35)61-43(65-27-17-9-4-10-18-27)45(63-41)67-29-21-13-6-14-22-29)36-34(32)56-38-40(58-36)62-44(66-28-19-11-5-12-20-28)42(60-38)64-26-15-7-3-8-16-26/h3-23H,1H2,2H3/b30-23+. The molecular weight excluding hydrogens is 883 g/mol. The zero-order valence-electron chi connectivity index (χ0n) is 34.2. The number of fused-ring (bicyclic) bond motifs is 8. The summed E-state index contributed by atoms with van der Waals surface area (Å²) in [7, 11) is 0. The molecule has 67 heavy (non-hydrogen) atoms. The van der Waals surface area contributed by atoms with Gasteiger partial charge in [-0.1, -0.05) is 79.4 Å². The van der Waals surface area contributed by atoms with Crippen LogP contribution in [0.3, 0.4) is 0 Å². The quantitative estimate of drug-likeness (QED) is 0.0550. The van der Waals surface area contributed by atoms with Crippen molar-refractivity contribution >= 4 is 61.3 Å². The van der Waals surface area contributed by atoms with Crippen molar-refractivity contribution < 1.29 is 45.3 Å². The van der Waals surface area contributed by atoms with Crippen LogP contribution in [0.1, 0.15) is 11.4 Å². The molecule has 0 unspecified atom stereocenters. The molecule has 0 N–H and O–H groups in total. The third-order valence-electron chi connectivity index (χ3n) is 9.73. The third-order valence-corrected chi connectivity index (χ3v) is 9.73. The first-order valence-electron chi connectivity index (χ1n) is 19.8. The molecule has 10 rings (SSSR count). The van der Waals surface area contributed by atoms with E-state index >= 15 is 0 Å². The summed E-state index contributed by atoms with van der Waals surface area (Å²) < 4.78 is 110. The lowest BCUT2D eigenvalue weighted by molar-refractivity contribution is -0.0885. The second-order valence-corrected chi connectivity index (χ2v) is 14.4. The molecule has 0 saturated heterocycles. The summed E-state index contributed by atoms with van der Waals surface area (Å²) >= 11 is 0. The Hall–Kier alpha value is -8.94. The number of nitrogens with zero attached hydrogens (tertiary/aromatic N) is 10. The molecule has 0 radical (unpaired) electrons. The van der Waals surface area contributed by atoms with Gasteiger partial charge >= 0.3 is 12.4 Å². The Morgan fingerprint density at radius 3 is 0.970 bits per heavy atom. The van der Waals surface area contributed by atoms with Gasteiger partial charge in [0.05, 0.1) is 17.0 Å². The zero-order valence-corrected chi connectivity index (χ0v) is 34.2. The van der Waals surface area contributed by atoms with E-state index in [4.69, 9.17) is 38.9 Å². The molecule has 5 aromatic heterocycles. The number of halogens is 6. The van der Waals surface area contributed by atoms with Crippen molar-refractivity contribution in [3.05, 3.63) is 151 Å². The van der Waals surface area contributed by atoms with Crippen molar-refractivity contribution in [1.29, 1.82) is 0 Å². The molecule has 5 heterocycles. The second kappa shape index (κ2) is 16.6. The summed E-state index contributed by atoms with van der Waals surface area (Å²) in [6, 6.07) is 34.4. The number of alkyl halides is 6. The van der Waals surface area contributed by atoms with Crippen LogP contribution >= 0.6 is 0 Å². The molecule has 0 aliphatic carbocycles. The summed E-state index contributed by atoms with van der Waals surface area (Å²) in [5.41, 5.74) is -6.54. The van der Waals surface area contributed by atoms with Crippen molar-refractivity contribution in [3.8, 4) is 46.5 Å². The molecule has 0 saturated carbocycles. The van der Waals surface area contributed by atoms with Crippen LogP contribution in [-0.2, 0) is 0 Å². The maximum absolute atomic E-state index is 14.8. The van der Waals surface area contributed by atoms with Crippen molar-refractivity contribution in [1.82, 2.24) is 49.8 Å². The number of benzene rings is 5. The van der Waals surface area contributed by atoms with E-state index in [0.717, 1.165) is 6.92 Å². The predicted octanol–water partition coefficient (Wildman–Crippen LogP) is 11.9. The van der Waals surface area contributed by atoms with E-state index in [1.165, 1.54) is 0 Å². The van der Waals surface area contributed by atoms with Gasteiger partial charge in [-0.3, -0.25) is 0 Å². The molecule has 0 bridgehead atoms. The number of ether oxygens (including phenoxy) is 4. The maximum Gasteiger partial charge on any atom is 0.418 e. The molecule has 0 aliphatic heterocycles. The Morgan fingerprint density at radius 2 is 0.687 bits per heavy atom. The van der Waals surface area contributed by atoms with Gasteiger partial charge in [0, 0.05) is 5.57 Å². The van der Waals surface area contributed by atoms with Crippen LogP contribution in [0.2, 0.25) is 0 Å². The first kappa shape index (κ1) is 42.0. The number of aryl methyl sites for hydroxylation is 1. The molecule has 0 atom stereocenters. The van der Waals surface area contributed by atoms with Crippen LogP contribution in [0.4, 0.5) is 26.3 Å². The monoisotopic (exact) mass is 908 g/mol. The van der Waals surface area contributed by atoms with E-state index < -0.39 is 34.9 Å². The summed E-state index contributed by atoms with van der Waals surface area (Å²) in [6.07, 6.45) is -10.7. The Labute approximate surface area is 372 Å². The first-order valence-corrected chi connectivity index (χ1v) is 19.8. The van der Waals surface area contributed by atoms with Gasteiger partial charge in [-0.2, -0.15) is 46.3 Å². The predicted molar refractivity (Wildman–Crippen MR) is 232 cm³/mol. The summed E-state index contributed by atoms with van der Waals surface area (Å²) in [4.78, 5) is 46.2. The van der Waals surface area contributed by atoms with Crippen LogP contribution in [0.15, 0.2) is 140 Å². The normalized spacial score (nSPS) is 12.3. The molecule has 5 aromatic carbocycles. The largest absolute Gasteiger partial charge is 0.435 e. The van der Waals surface area contributed by atoms with Gasteiger partial charge in [-0.25, -0.2) is 29.9 Å². The lowest BCUT2D eigenvalue weighted by Crippen LogP contribution is -2.17. The van der Waals surface area contributed by atoms with E-state index in [-0.39, 0.29) is 85.3 Å². The third kappa shape index (κ3) is 8.45. The number of hydrogen-bond donors (Lipinski definition) is 0. The fourth-order valence-corrected chi connectivity index (χ4v) is 6.68. The first-order chi connectivity index (χ1) is 32.2. The van der Waals surface area contributed by atoms with E-state index in [1.54, 1.807) is 121 Å². The van der Waals surface area contributed by atoms with Crippen LogP contribution in [0, 0.1) is 6.92 Å². The van der Waals surface area contributed by atoms with Crippen LogP contribution < -0.4 is 18.9 Å². The van der Waals surface area contributed by atoms with Gasteiger partial charge < -0.3 is 18.9 Å². The minimum absolute atomic E-state index is 0.0449. The average Bonchev–Trinajstić information content (AvgIpc) is 3.31. The Balaban J connectivity index is 1.27. The Kier molecular flexibility index (Phi) is 10.4. The van der Waals surface area contributed by atoms with Crippen LogP contribution in [0.25, 0.3) is 61.3 Å². The molecule has 0 amide bonds. The highest BCUT2D eigenvalue weighted by molar-refractivity contribution is 6.19. The van der Waals surface area contributed by atoms with Gasteiger partial charge in [0.25, 0.3) is 23.5 Å². The van der Waals surface area contributed by atoms with Crippen LogP contribution in [-0.4, -0.2) is 62.2 Å². The Morgan fingerprint density at radius 1 is 0.403 bits per heavy atom. The molecule has 20 heteroatoms. The highest BCUT2D eigenvalue weighted by Crippen LogP contribution is 2.41. The Bertz CT molecular complexity index is 3590. The van der Waals surface area contributed by atoms with Gasteiger partial charge in [-0.15, -0.1) is 0 Å². The van der Waals surface area contributed by atoms with E-state index in [2.05, 4.69) is 36.5 Å². The van der Waals surface area contributed by atoms with Gasteiger partial charge in [0.1, 0.15) is 56.1 Å². The maximum atomic E-state index is 14.8. The van der Waals surface area contributed by atoms with E-state index in [1.807, 2.05) is 0 Å². The summed E-state index contributed by atoms with van der Waals surface area (Å²) in [5, 5.41) is 0. The van der Waals surface area contributed by atoms with Crippen LogP contribution in [0.5, 0.6) is 46.5 Å².